The van der Waals surface area contributed by atoms with Gasteiger partial charge in [0.1, 0.15) is 23.5 Å². The second-order valence-corrected chi connectivity index (χ2v) is 8.72. The van der Waals surface area contributed by atoms with Gasteiger partial charge >= 0.3 is 0 Å². The van der Waals surface area contributed by atoms with Crippen LogP contribution < -0.4 is 20.3 Å². The number of nitriles is 1. The van der Waals surface area contributed by atoms with Crippen LogP contribution in [0, 0.1) is 35.9 Å². The Labute approximate surface area is 186 Å². The van der Waals surface area contributed by atoms with Gasteiger partial charge in [0.15, 0.2) is 17.3 Å². The second-order valence-electron chi connectivity index (χ2n) is 8.72. The zero-order valence-corrected chi connectivity index (χ0v) is 18.5. The van der Waals surface area contributed by atoms with Crippen LogP contribution in [0.1, 0.15) is 38.1 Å². The van der Waals surface area contributed by atoms with Crippen LogP contribution in [0.4, 0.5) is 21.8 Å². The second kappa shape index (κ2) is 8.57. The third kappa shape index (κ3) is 4.15. The highest BCUT2D eigenvalue weighted by molar-refractivity contribution is 6.03. The summed E-state index contributed by atoms with van der Waals surface area (Å²) in [5.41, 5.74) is 1.13. The van der Waals surface area contributed by atoms with E-state index in [0.717, 1.165) is 18.5 Å². The summed E-state index contributed by atoms with van der Waals surface area (Å²) in [6, 6.07) is 2.80. The zero-order valence-electron chi connectivity index (χ0n) is 18.5. The summed E-state index contributed by atoms with van der Waals surface area (Å²) >= 11 is 0. The normalized spacial score (nSPS) is 22.0. The molecule has 0 spiro atoms. The van der Waals surface area contributed by atoms with Crippen molar-refractivity contribution in [1.29, 1.82) is 5.26 Å². The number of hydrogen-bond donors (Lipinski definition) is 2. The first-order valence-corrected chi connectivity index (χ1v) is 10.6. The molecule has 2 aromatic heterocycles. The van der Waals surface area contributed by atoms with Gasteiger partial charge in [-0.3, -0.25) is 4.79 Å². The van der Waals surface area contributed by atoms with Gasteiger partial charge < -0.3 is 20.3 Å². The van der Waals surface area contributed by atoms with Crippen molar-refractivity contribution in [2.75, 3.05) is 29.2 Å². The van der Waals surface area contributed by atoms with Crippen LogP contribution in [0.15, 0.2) is 12.3 Å². The Balaban J connectivity index is 1.35. The number of carbonyl (C=O) groups is 1. The number of aromatic nitrogens is 3. The molecular formula is C22H26FN7O2. The molecular weight excluding hydrogens is 413 g/mol. The lowest BCUT2D eigenvalue weighted by Crippen LogP contribution is -2.50. The molecule has 0 bridgehead atoms. The predicted octanol–water partition coefficient (Wildman–Crippen LogP) is 2.87. The summed E-state index contributed by atoms with van der Waals surface area (Å²) in [6.45, 7) is 6.33. The molecule has 4 rings (SSSR count). The molecule has 9 nitrogen and oxygen atoms in total. The Bertz CT molecular complexity index is 1080. The molecule has 0 unspecified atom stereocenters. The minimum absolute atomic E-state index is 0.0402. The van der Waals surface area contributed by atoms with Crippen molar-refractivity contribution in [3.63, 3.8) is 0 Å². The van der Waals surface area contributed by atoms with E-state index in [1.165, 1.54) is 12.3 Å². The number of fused-ring (bicyclic) bond motifs is 1. The lowest BCUT2D eigenvalue weighted by Gasteiger charge is -2.38. The van der Waals surface area contributed by atoms with Gasteiger partial charge in [0, 0.05) is 19.2 Å². The molecule has 0 radical (unpaired) electrons. The fraction of sp³-hybridized carbons (Fsp3) is 0.500. The van der Waals surface area contributed by atoms with Crippen LogP contribution in [-0.4, -0.2) is 46.6 Å². The molecule has 1 amide bonds. The summed E-state index contributed by atoms with van der Waals surface area (Å²) in [5.74, 6) is 1.31. The molecule has 1 saturated carbocycles. The number of anilines is 3. The molecule has 1 atom stereocenters. The maximum atomic E-state index is 13.6. The van der Waals surface area contributed by atoms with Crippen molar-refractivity contribution in [3.05, 3.63) is 29.5 Å². The van der Waals surface area contributed by atoms with E-state index < -0.39 is 5.82 Å². The number of nitrogens with zero attached hydrogens (tertiary/aromatic N) is 5. The molecule has 168 valence electrons. The van der Waals surface area contributed by atoms with Crippen molar-refractivity contribution in [3.8, 4) is 11.8 Å². The molecule has 1 aliphatic heterocycles. The van der Waals surface area contributed by atoms with Crippen LogP contribution in [0.5, 0.6) is 5.75 Å². The molecule has 2 aliphatic rings. The van der Waals surface area contributed by atoms with E-state index in [2.05, 4.69) is 25.6 Å². The number of rotatable bonds is 6. The molecule has 10 heteroatoms. The maximum Gasteiger partial charge on any atom is 0.247 e. The van der Waals surface area contributed by atoms with Crippen LogP contribution in [-0.2, 0) is 4.79 Å². The Morgan fingerprint density at radius 1 is 1.41 bits per heavy atom. The fourth-order valence-electron chi connectivity index (χ4n) is 4.25. The van der Waals surface area contributed by atoms with Gasteiger partial charge in [0.25, 0.3) is 0 Å². The lowest BCUT2D eigenvalue weighted by atomic mass is 9.81. The maximum absolute atomic E-state index is 13.6. The van der Waals surface area contributed by atoms with Crippen molar-refractivity contribution < 1.29 is 13.9 Å². The Morgan fingerprint density at radius 2 is 2.16 bits per heavy atom. The molecule has 32 heavy (non-hydrogen) atoms. The molecule has 1 fully saturated rings. The summed E-state index contributed by atoms with van der Waals surface area (Å²) in [5, 5.41) is 15.1. The van der Waals surface area contributed by atoms with Crippen molar-refractivity contribution in [2.24, 2.45) is 11.8 Å². The number of aryl methyl sites for hydroxylation is 1. The number of ether oxygens (including phenoxy) is 1. The van der Waals surface area contributed by atoms with E-state index in [9.17, 15) is 9.18 Å². The van der Waals surface area contributed by atoms with Gasteiger partial charge in [-0.1, -0.05) is 13.8 Å². The third-order valence-corrected chi connectivity index (χ3v) is 5.95. The van der Waals surface area contributed by atoms with Gasteiger partial charge in [-0.25, -0.2) is 14.4 Å². The highest BCUT2D eigenvalue weighted by Gasteiger charge is 2.36. The van der Waals surface area contributed by atoms with E-state index >= 15 is 0 Å². The van der Waals surface area contributed by atoms with Crippen molar-refractivity contribution in [1.82, 2.24) is 15.0 Å². The van der Waals surface area contributed by atoms with E-state index in [4.69, 9.17) is 10.00 Å². The van der Waals surface area contributed by atoms with Gasteiger partial charge in [-0.05, 0) is 31.6 Å². The first kappa shape index (κ1) is 21.7. The number of nitrogens with one attached hydrogen (secondary N) is 2. The molecule has 0 saturated heterocycles. The first-order chi connectivity index (χ1) is 15.3. The molecule has 1 aliphatic carbocycles. The smallest absolute Gasteiger partial charge is 0.247 e. The number of halogens is 1. The SMILES string of the molecule is Cc1nc(NC2CC(COc3cnc(C#N)c(F)c3)C2)nc2c1NC(=O)[C@H](C(C)C)N2C. The lowest BCUT2D eigenvalue weighted by molar-refractivity contribution is -0.118. The van der Waals surface area contributed by atoms with E-state index in [-0.39, 0.29) is 29.6 Å². The van der Waals surface area contributed by atoms with E-state index in [1.54, 1.807) is 6.07 Å². The van der Waals surface area contributed by atoms with Gasteiger partial charge in [0.05, 0.1) is 18.5 Å². The van der Waals surface area contributed by atoms with Gasteiger partial charge in [-0.15, -0.1) is 0 Å². The molecule has 2 N–H and O–H groups in total. The average Bonchev–Trinajstić information content (AvgIpc) is 2.70. The fourth-order valence-corrected chi connectivity index (χ4v) is 4.25. The predicted molar refractivity (Wildman–Crippen MR) is 117 cm³/mol. The van der Waals surface area contributed by atoms with Crippen molar-refractivity contribution in [2.45, 2.75) is 45.7 Å². The van der Waals surface area contributed by atoms with Crippen LogP contribution in [0.3, 0.4) is 0 Å². The Morgan fingerprint density at radius 3 is 2.81 bits per heavy atom. The highest BCUT2D eigenvalue weighted by atomic mass is 19.1. The molecule has 3 heterocycles. The largest absolute Gasteiger partial charge is 0.492 e. The summed E-state index contributed by atoms with van der Waals surface area (Å²) in [4.78, 5) is 27.3. The Kier molecular flexibility index (Phi) is 5.82. The quantitative estimate of drug-likeness (QED) is 0.706. The van der Waals surface area contributed by atoms with E-state index in [1.807, 2.05) is 32.7 Å². The minimum Gasteiger partial charge on any atom is -0.492 e. The van der Waals surface area contributed by atoms with Crippen molar-refractivity contribution >= 4 is 23.4 Å². The third-order valence-electron chi connectivity index (χ3n) is 5.95. The van der Waals surface area contributed by atoms with E-state index in [0.29, 0.717) is 35.7 Å². The van der Waals surface area contributed by atoms with Crippen LogP contribution in [0.25, 0.3) is 0 Å². The summed E-state index contributed by atoms with van der Waals surface area (Å²) in [6.07, 6.45) is 3.10. The summed E-state index contributed by atoms with van der Waals surface area (Å²) in [7, 11) is 1.88. The minimum atomic E-state index is -0.682. The van der Waals surface area contributed by atoms with Gasteiger partial charge in [-0.2, -0.15) is 10.2 Å². The Hall–Kier alpha value is -3.48. The number of hydrogen-bond acceptors (Lipinski definition) is 8. The number of amides is 1. The molecule has 0 aromatic carbocycles. The average molecular weight is 439 g/mol. The van der Waals surface area contributed by atoms with Crippen LogP contribution >= 0.6 is 0 Å². The number of likely N-dealkylation sites (N-methyl/N-ethyl adjacent to an activating group) is 1. The first-order valence-electron chi connectivity index (χ1n) is 10.6. The highest BCUT2D eigenvalue weighted by Crippen LogP contribution is 2.35. The zero-order chi connectivity index (χ0) is 23.0. The monoisotopic (exact) mass is 439 g/mol. The number of pyridine rings is 1. The standard InChI is InChI=1S/C22H26FN7O2/c1-11(2)19-21(31)28-18-12(3)26-22(29-20(18)30(19)4)27-14-5-13(6-14)10-32-15-7-16(23)17(8-24)25-9-15/h7,9,11,13-14,19H,5-6,10H2,1-4H3,(H,28,31)(H,26,27,29)/t13?,14?,19-/m0/s1. The van der Waals surface area contributed by atoms with Gasteiger partial charge in [0.2, 0.25) is 11.9 Å². The molecule has 2 aromatic rings. The van der Waals surface area contributed by atoms with Crippen LogP contribution in [0.2, 0.25) is 0 Å². The summed E-state index contributed by atoms with van der Waals surface area (Å²) < 4.78 is 19.3. The topological polar surface area (TPSA) is 116 Å². The number of carbonyl (C=O) groups excluding carboxylic acids is 1.